The van der Waals surface area contributed by atoms with Crippen LogP contribution in [0.3, 0.4) is 0 Å². The van der Waals surface area contributed by atoms with Gasteiger partial charge in [-0.05, 0) is 36.4 Å². The second kappa shape index (κ2) is 6.16. The first-order chi connectivity index (χ1) is 12.5. The molecule has 0 unspecified atom stereocenters. The molecule has 26 heavy (non-hydrogen) atoms. The zero-order valence-corrected chi connectivity index (χ0v) is 14.1. The molecule has 7 nitrogen and oxygen atoms in total. The van der Waals surface area contributed by atoms with Crippen LogP contribution in [-0.4, -0.2) is 13.6 Å². The topological polar surface area (TPSA) is 102 Å². The van der Waals surface area contributed by atoms with E-state index in [1.807, 2.05) is 0 Å². The van der Waals surface area contributed by atoms with Crippen molar-refractivity contribution < 1.29 is 17.4 Å². The largest absolute Gasteiger partial charge is 0.423 e. The number of hydrogen-bond acceptors (Lipinski definition) is 6. The van der Waals surface area contributed by atoms with Crippen molar-refractivity contribution in [1.82, 2.24) is 5.16 Å². The minimum Gasteiger partial charge on any atom is -0.423 e. The summed E-state index contributed by atoms with van der Waals surface area (Å²) in [4.78, 5) is 11.3. The van der Waals surface area contributed by atoms with Crippen LogP contribution in [0.4, 0.5) is 5.69 Å². The normalized spacial score (nSPS) is 11.5. The third kappa shape index (κ3) is 2.98. The molecule has 0 saturated heterocycles. The molecule has 1 N–H and O–H groups in total. The first-order valence-electron chi connectivity index (χ1n) is 7.60. The molecule has 0 radical (unpaired) electrons. The lowest BCUT2D eigenvalue weighted by atomic mass is 10.2. The molecule has 0 bridgehead atoms. The molecule has 8 heteroatoms. The fourth-order valence-corrected chi connectivity index (χ4v) is 3.87. The minimum absolute atomic E-state index is 0.0661. The number of hydrogen-bond donors (Lipinski definition) is 1. The average molecular weight is 368 g/mol. The number of fused-ring (bicyclic) bond motifs is 1. The molecule has 4 aromatic rings. The number of anilines is 1. The van der Waals surface area contributed by atoms with Crippen molar-refractivity contribution in [3.8, 4) is 11.3 Å². The van der Waals surface area contributed by atoms with Gasteiger partial charge >= 0.3 is 5.63 Å². The van der Waals surface area contributed by atoms with E-state index < -0.39 is 15.6 Å². The highest BCUT2D eigenvalue weighted by atomic mass is 32.2. The number of benzene rings is 2. The summed E-state index contributed by atoms with van der Waals surface area (Å²) in [5.41, 5.74) is 0.664. The Morgan fingerprint density at radius 2 is 1.81 bits per heavy atom. The Hall–Kier alpha value is -3.39. The zero-order chi connectivity index (χ0) is 18.1. The van der Waals surface area contributed by atoms with Crippen LogP contribution in [0.25, 0.3) is 22.3 Å². The molecule has 2 aromatic carbocycles. The molecule has 2 heterocycles. The van der Waals surface area contributed by atoms with E-state index in [1.165, 1.54) is 30.5 Å². The van der Waals surface area contributed by atoms with Crippen molar-refractivity contribution in [2.45, 2.75) is 4.90 Å². The lowest BCUT2D eigenvalue weighted by molar-refractivity contribution is 0.431. The molecule has 0 spiro atoms. The summed E-state index contributed by atoms with van der Waals surface area (Å²) in [5.74, 6) is 0.353. The van der Waals surface area contributed by atoms with Gasteiger partial charge in [-0.3, -0.25) is 4.72 Å². The number of nitrogens with one attached hydrogen (secondary N) is 1. The van der Waals surface area contributed by atoms with Crippen LogP contribution in [0.2, 0.25) is 0 Å². The summed E-state index contributed by atoms with van der Waals surface area (Å²) in [6, 6.07) is 15.6. The molecule has 4 rings (SSSR count). The SMILES string of the molecule is O=c1ccc2cc(NS(=O)(=O)c3ccccc3-c3ccno3)ccc2o1. The summed E-state index contributed by atoms with van der Waals surface area (Å²) < 4.78 is 38.4. The standard InChI is InChI=1S/C18H12N2O5S/c21-18-8-5-12-11-13(6-7-15(12)24-18)20-26(22,23)17-4-2-1-3-14(17)16-9-10-19-25-16/h1-11,20H. The van der Waals surface area contributed by atoms with Crippen molar-refractivity contribution in [1.29, 1.82) is 0 Å². The molecule has 0 aliphatic rings. The second-order valence-electron chi connectivity index (χ2n) is 5.49. The quantitative estimate of drug-likeness (QED) is 0.555. The van der Waals surface area contributed by atoms with Crippen molar-refractivity contribution in [3.63, 3.8) is 0 Å². The molecule has 0 amide bonds. The van der Waals surface area contributed by atoms with Crippen molar-refractivity contribution in [2.24, 2.45) is 0 Å². The average Bonchev–Trinajstić information content (AvgIpc) is 3.16. The second-order valence-corrected chi connectivity index (χ2v) is 7.14. The summed E-state index contributed by atoms with van der Waals surface area (Å²) in [5, 5.41) is 4.23. The Kier molecular flexibility index (Phi) is 3.81. The molecule has 2 aromatic heterocycles. The predicted octanol–water partition coefficient (Wildman–Crippen LogP) is 3.25. The smallest absolute Gasteiger partial charge is 0.336 e. The van der Waals surface area contributed by atoms with Crippen LogP contribution >= 0.6 is 0 Å². The van der Waals surface area contributed by atoms with Gasteiger partial charge in [-0.2, -0.15) is 0 Å². The highest BCUT2D eigenvalue weighted by Gasteiger charge is 2.21. The van der Waals surface area contributed by atoms with Crippen LogP contribution in [0, 0.1) is 0 Å². The van der Waals surface area contributed by atoms with Crippen molar-refractivity contribution in [2.75, 3.05) is 4.72 Å². The number of aromatic nitrogens is 1. The van der Waals surface area contributed by atoms with E-state index >= 15 is 0 Å². The maximum Gasteiger partial charge on any atom is 0.336 e. The van der Waals surface area contributed by atoms with Gasteiger partial charge in [0.2, 0.25) is 0 Å². The van der Waals surface area contributed by atoms with E-state index in [0.29, 0.717) is 28.0 Å². The molecule has 0 aliphatic carbocycles. The fraction of sp³-hybridized carbons (Fsp3) is 0. The van der Waals surface area contributed by atoms with Crippen molar-refractivity contribution in [3.05, 3.63) is 77.3 Å². The van der Waals surface area contributed by atoms with E-state index in [9.17, 15) is 13.2 Å². The monoisotopic (exact) mass is 368 g/mol. The summed E-state index contributed by atoms with van der Waals surface area (Å²) in [6.45, 7) is 0. The van der Waals surface area contributed by atoms with Gasteiger partial charge in [-0.1, -0.05) is 17.3 Å². The molecule has 0 saturated carbocycles. The van der Waals surface area contributed by atoms with E-state index in [-0.39, 0.29) is 4.90 Å². The molecule has 0 aliphatic heterocycles. The Morgan fingerprint density at radius 3 is 2.62 bits per heavy atom. The van der Waals surface area contributed by atoms with Gasteiger partial charge < -0.3 is 8.94 Å². The summed E-state index contributed by atoms with van der Waals surface area (Å²) >= 11 is 0. The van der Waals surface area contributed by atoms with Gasteiger partial charge in [-0.15, -0.1) is 0 Å². The fourth-order valence-electron chi connectivity index (χ4n) is 2.60. The number of nitrogens with zero attached hydrogens (tertiary/aromatic N) is 1. The van der Waals surface area contributed by atoms with Gasteiger partial charge in [0.25, 0.3) is 10.0 Å². The van der Waals surface area contributed by atoms with E-state index in [4.69, 9.17) is 8.94 Å². The first-order valence-corrected chi connectivity index (χ1v) is 9.08. The third-order valence-electron chi connectivity index (χ3n) is 3.75. The lowest BCUT2D eigenvalue weighted by Crippen LogP contribution is -2.14. The summed E-state index contributed by atoms with van der Waals surface area (Å²) in [6.07, 6.45) is 1.45. The van der Waals surface area contributed by atoms with Crippen LogP contribution in [0.15, 0.2) is 85.5 Å². The van der Waals surface area contributed by atoms with Crippen LogP contribution in [-0.2, 0) is 10.0 Å². The van der Waals surface area contributed by atoms with Gasteiger partial charge in [0.15, 0.2) is 5.76 Å². The Bertz CT molecular complexity index is 1240. The van der Waals surface area contributed by atoms with Gasteiger partial charge in [-0.25, -0.2) is 13.2 Å². The van der Waals surface area contributed by atoms with Crippen molar-refractivity contribution >= 4 is 26.7 Å². The maximum absolute atomic E-state index is 12.9. The molecule has 0 fully saturated rings. The Morgan fingerprint density at radius 1 is 0.962 bits per heavy atom. The predicted molar refractivity (Wildman–Crippen MR) is 95.2 cm³/mol. The minimum atomic E-state index is -3.88. The maximum atomic E-state index is 12.9. The Balaban J connectivity index is 1.75. The lowest BCUT2D eigenvalue weighted by Gasteiger charge is -2.11. The number of sulfonamides is 1. The molecular weight excluding hydrogens is 356 g/mol. The van der Waals surface area contributed by atoms with Gasteiger partial charge in [0, 0.05) is 28.8 Å². The molecular formula is C18H12N2O5S. The number of rotatable bonds is 4. The molecule has 130 valence electrons. The zero-order valence-electron chi connectivity index (χ0n) is 13.2. The summed E-state index contributed by atoms with van der Waals surface area (Å²) in [7, 11) is -3.88. The van der Waals surface area contributed by atoms with Gasteiger partial charge in [0.05, 0.1) is 11.1 Å². The van der Waals surface area contributed by atoms with E-state index in [2.05, 4.69) is 9.88 Å². The highest BCUT2D eigenvalue weighted by molar-refractivity contribution is 7.92. The molecule has 0 atom stereocenters. The van der Waals surface area contributed by atoms with E-state index in [0.717, 1.165) is 0 Å². The van der Waals surface area contributed by atoms with E-state index in [1.54, 1.807) is 36.4 Å². The third-order valence-corrected chi connectivity index (χ3v) is 5.19. The van der Waals surface area contributed by atoms with Crippen LogP contribution in [0.1, 0.15) is 0 Å². The van der Waals surface area contributed by atoms with Crippen LogP contribution in [0.5, 0.6) is 0 Å². The highest BCUT2D eigenvalue weighted by Crippen LogP contribution is 2.29. The first kappa shape index (κ1) is 16.1. The Labute approximate surface area is 147 Å². The van der Waals surface area contributed by atoms with Gasteiger partial charge in [0.1, 0.15) is 5.58 Å². The van der Waals surface area contributed by atoms with Crippen LogP contribution < -0.4 is 10.3 Å².